The maximum atomic E-state index is 5.86. The molecule has 4 heteroatoms. The first-order valence-corrected chi connectivity index (χ1v) is 5.60. The van der Waals surface area contributed by atoms with E-state index in [4.69, 9.17) is 5.73 Å². The SMILES string of the molecule is NC1CCC(CNc2ccncn2)CC1. The molecule has 1 aliphatic rings. The van der Waals surface area contributed by atoms with Crippen LogP contribution in [0.25, 0.3) is 0 Å². The van der Waals surface area contributed by atoms with E-state index >= 15 is 0 Å². The van der Waals surface area contributed by atoms with Gasteiger partial charge in [0.05, 0.1) is 0 Å². The minimum atomic E-state index is 0.431. The lowest BCUT2D eigenvalue weighted by molar-refractivity contribution is 0.338. The van der Waals surface area contributed by atoms with E-state index in [-0.39, 0.29) is 0 Å². The second-order valence-electron chi connectivity index (χ2n) is 4.26. The van der Waals surface area contributed by atoms with Crippen LogP contribution in [-0.2, 0) is 0 Å². The zero-order valence-electron chi connectivity index (χ0n) is 8.89. The highest BCUT2D eigenvalue weighted by molar-refractivity contribution is 5.31. The molecule has 1 fully saturated rings. The summed E-state index contributed by atoms with van der Waals surface area (Å²) in [6.07, 6.45) is 8.12. The first kappa shape index (κ1) is 10.4. The molecule has 0 aliphatic heterocycles. The number of hydrogen-bond donors (Lipinski definition) is 2. The number of hydrogen-bond acceptors (Lipinski definition) is 4. The van der Waals surface area contributed by atoms with Crippen molar-refractivity contribution >= 4 is 5.82 Å². The van der Waals surface area contributed by atoms with E-state index < -0.39 is 0 Å². The van der Waals surface area contributed by atoms with Crippen LogP contribution in [-0.4, -0.2) is 22.6 Å². The molecule has 1 aromatic rings. The zero-order valence-corrected chi connectivity index (χ0v) is 8.89. The summed E-state index contributed by atoms with van der Waals surface area (Å²) < 4.78 is 0. The van der Waals surface area contributed by atoms with Crippen molar-refractivity contribution < 1.29 is 0 Å². The van der Waals surface area contributed by atoms with Crippen molar-refractivity contribution in [1.29, 1.82) is 0 Å². The van der Waals surface area contributed by atoms with E-state index in [0.29, 0.717) is 6.04 Å². The highest BCUT2D eigenvalue weighted by Gasteiger charge is 2.17. The molecule has 1 saturated carbocycles. The maximum absolute atomic E-state index is 5.86. The van der Waals surface area contributed by atoms with Gasteiger partial charge in [0.25, 0.3) is 0 Å². The van der Waals surface area contributed by atoms with Crippen LogP contribution in [0, 0.1) is 5.92 Å². The minimum Gasteiger partial charge on any atom is -0.370 e. The Kier molecular flexibility index (Phi) is 3.50. The molecule has 82 valence electrons. The number of aromatic nitrogens is 2. The lowest BCUT2D eigenvalue weighted by atomic mass is 9.86. The zero-order chi connectivity index (χ0) is 10.5. The lowest BCUT2D eigenvalue weighted by Crippen LogP contribution is -2.29. The van der Waals surface area contributed by atoms with Crippen molar-refractivity contribution in [2.24, 2.45) is 11.7 Å². The molecule has 0 radical (unpaired) electrons. The fourth-order valence-electron chi connectivity index (χ4n) is 2.04. The van der Waals surface area contributed by atoms with Gasteiger partial charge in [-0.1, -0.05) is 0 Å². The summed E-state index contributed by atoms with van der Waals surface area (Å²) in [7, 11) is 0. The smallest absolute Gasteiger partial charge is 0.129 e. The Morgan fingerprint density at radius 2 is 2.13 bits per heavy atom. The van der Waals surface area contributed by atoms with Gasteiger partial charge in [-0.3, -0.25) is 0 Å². The number of nitrogens with zero attached hydrogens (tertiary/aromatic N) is 2. The number of rotatable bonds is 3. The van der Waals surface area contributed by atoms with E-state index in [9.17, 15) is 0 Å². The highest BCUT2D eigenvalue weighted by Crippen LogP contribution is 2.23. The number of anilines is 1. The molecule has 0 bridgehead atoms. The molecule has 0 aromatic carbocycles. The van der Waals surface area contributed by atoms with Crippen LogP contribution in [0.2, 0.25) is 0 Å². The van der Waals surface area contributed by atoms with Crippen molar-refractivity contribution in [2.45, 2.75) is 31.7 Å². The molecule has 3 N–H and O–H groups in total. The molecule has 0 amide bonds. The second kappa shape index (κ2) is 5.07. The lowest BCUT2D eigenvalue weighted by Gasteiger charge is -2.26. The van der Waals surface area contributed by atoms with Gasteiger partial charge in [0.2, 0.25) is 0 Å². The first-order chi connectivity index (χ1) is 7.34. The third-order valence-electron chi connectivity index (χ3n) is 3.05. The van der Waals surface area contributed by atoms with Gasteiger partial charge in [-0.25, -0.2) is 9.97 Å². The minimum absolute atomic E-state index is 0.431. The van der Waals surface area contributed by atoms with Crippen molar-refractivity contribution in [3.8, 4) is 0 Å². The summed E-state index contributed by atoms with van der Waals surface area (Å²) in [5.74, 6) is 1.67. The molecular weight excluding hydrogens is 188 g/mol. The molecule has 0 saturated heterocycles. The van der Waals surface area contributed by atoms with Crippen molar-refractivity contribution in [3.05, 3.63) is 18.6 Å². The van der Waals surface area contributed by atoms with Crippen LogP contribution in [0.5, 0.6) is 0 Å². The second-order valence-corrected chi connectivity index (χ2v) is 4.26. The van der Waals surface area contributed by atoms with Gasteiger partial charge < -0.3 is 11.1 Å². The summed E-state index contributed by atoms with van der Waals surface area (Å²) in [5, 5.41) is 3.34. The van der Waals surface area contributed by atoms with Gasteiger partial charge in [-0.15, -0.1) is 0 Å². The molecule has 0 unspecified atom stereocenters. The van der Waals surface area contributed by atoms with E-state index in [0.717, 1.165) is 31.1 Å². The molecule has 1 aromatic heterocycles. The summed E-state index contributed by atoms with van der Waals surface area (Å²) in [5.41, 5.74) is 5.86. The predicted octanol–water partition coefficient (Wildman–Crippen LogP) is 1.41. The highest BCUT2D eigenvalue weighted by atomic mass is 15.0. The summed E-state index contributed by atoms with van der Waals surface area (Å²) in [6.45, 7) is 1.00. The molecule has 0 atom stereocenters. The topological polar surface area (TPSA) is 63.8 Å². The Morgan fingerprint density at radius 1 is 1.33 bits per heavy atom. The predicted molar refractivity (Wildman–Crippen MR) is 60.5 cm³/mol. The molecule has 1 aliphatic carbocycles. The van der Waals surface area contributed by atoms with Crippen LogP contribution in [0.3, 0.4) is 0 Å². The van der Waals surface area contributed by atoms with Crippen molar-refractivity contribution in [3.63, 3.8) is 0 Å². The average Bonchev–Trinajstić information content (AvgIpc) is 2.30. The van der Waals surface area contributed by atoms with Crippen molar-refractivity contribution in [2.75, 3.05) is 11.9 Å². The summed E-state index contributed by atoms with van der Waals surface area (Å²) >= 11 is 0. The van der Waals surface area contributed by atoms with Crippen LogP contribution in [0.1, 0.15) is 25.7 Å². The quantitative estimate of drug-likeness (QED) is 0.784. The van der Waals surface area contributed by atoms with Crippen molar-refractivity contribution in [1.82, 2.24) is 9.97 Å². The Hall–Kier alpha value is -1.16. The van der Waals surface area contributed by atoms with Gasteiger partial charge in [0.1, 0.15) is 12.1 Å². The number of nitrogens with two attached hydrogens (primary N) is 1. The Balaban J connectivity index is 1.74. The van der Waals surface area contributed by atoms with Gasteiger partial charge in [0, 0.05) is 18.8 Å². The van der Waals surface area contributed by atoms with Gasteiger partial charge in [-0.05, 0) is 37.7 Å². The average molecular weight is 206 g/mol. The third-order valence-corrected chi connectivity index (χ3v) is 3.05. The maximum Gasteiger partial charge on any atom is 0.129 e. The molecular formula is C11H18N4. The van der Waals surface area contributed by atoms with Crippen LogP contribution in [0.4, 0.5) is 5.82 Å². The van der Waals surface area contributed by atoms with E-state index in [1.165, 1.54) is 12.8 Å². The summed E-state index contributed by atoms with van der Waals surface area (Å²) in [6, 6.07) is 2.33. The van der Waals surface area contributed by atoms with E-state index in [1.54, 1.807) is 12.5 Å². The monoisotopic (exact) mass is 206 g/mol. The van der Waals surface area contributed by atoms with Gasteiger partial charge >= 0.3 is 0 Å². The van der Waals surface area contributed by atoms with Crippen LogP contribution in [0.15, 0.2) is 18.6 Å². The van der Waals surface area contributed by atoms with Crippen LogP contribution >= 0.6 is 0 Å². The normalized spacial score (nSPS) is 26.2. The number of nitrogens with one attached hydrogen (secondary N) is 1. The van der Waals surface area contributed by atoms with Gasteiger partial charge in [0.15, 0.2) is 0 Å². The van der Waals surface area contributed by atoms with E-state index in [1.807, 2.05) is 6.07 Å². The van der Waals surface area contributed by atoms with E-state index in [2.05, 4.69) is 15.3 Å². The van der Waals surface area contributed by atoms with Crippen LogP contribution < -0.4 is 11.1 Å². The van der Waals surface area contributed by atoms with Gasteiger partial charge in [-0.2, -0.15) is 0 Å². The Bertz CT molecular complexity index is 280. The standard InChI is InChI=1S/C11H18N4/c12-10-3-1-9(2-4-10)7-14-11-5-6-13-8-15-11/h5-6,8-10H,1-4,7,12H2,(H,13,14,15). The summed E-state index contributed by atoms with van der Waals surface area (Å²) in [4.78, 5) is 8.01. The third kappa shape index (κ3) is 3.16. The fraction of sp³-hybridized carbons (Fsp3) is 0.636. The fourth-order valence-corrected chi connectivity index (χ4v) is 2.04. The molecule has 15 heavy (non-hydrogen) atoms. The molecule has 2 rings (SSSR count). The molecule has 0 spiro atoms. The first-order valence-electron chi connectivity index (χ1n) is 5.60. The Labute approximate surface area is 90.3 Å². The molecule has 1 heterocycles. The Morgan fingerprint density at radius 3 is 2.80 bits per heavy atom. The largest absolute Gasteiger partial charge is 0.370 e. The molecule has 4 nitrogen and oxygen atoms in total.